The molecule has 0 atom stereocenters. The van der Waals surface area contributed by atoms with E-state index in [1.165, 1.54) is 31.5 Å². The smallest absolute Gasteiger partial charge is 0.245 e. The van der Waals surface area contributed by atoms with Gasteiger partial charge in [0.2, 0.25) is 5.91 Å². The molecule has 5 nitrogen and oxygen atoms in total. The van der Waals surface area contributed by atoms with Crippen molar-refractivity contribution in [1.82, 2.24) is 9.80 Å². The molecule has 1 aromatic carbocycles. The number of amides is 1. The van der Waals surface area contributed by atoms with Crippen molar-refractivity contribution < 1.29 is 14.3 Å². The van der Waals surface area contributed by atoms with Crippen molar-refractivity contribution in [1.29, 1.82) is 0 Å². The highest BCUT2D eigenvalue weighted by atomic mass is 16.5. The molecular weight excluding hydrogens is 352 g/mol. The minimum atomic E-state index is -0.141. The monoisotopic (exact) mass is 386 g/mol. The van der Waals surface area contributed by atoms with E-state index in [-0.39, 0.29) is 11.3 Å². The van der Waals surface area contributed by atoms with Crippen LogP contribution in [0.2, 0.25) is 0 Å². The van der Waals surface area contributed by atoms with Gasteiger partial charge < -0.3 is 19.3 Å². The molecule has 0 saturated carbocycles. The highest BCUT2D eigenvalue weighted by molar-refractivity contribution is 5.87. The Morgan fingerprint density at radius 3 is 2.50 bits per heavy atom. The van der Waals surface area contributed by atoms with E-state index in [0.717, 1.165) is 51.4 Å². The molecule has 1 aromatic rings. The number of rotatable bonds is 8. The molecule has 1 amide bonds. The molecule has 0 aliphatic carbocycles. The zero-order valence-electron chi connectivity index (χ0n) is 17.4. The maximum atomic E-state index is 12.0. The number of nitrogens with zero attached hydrogens (tertiary/aromatic N) is 2. The summed E-state index contributed by atoms with van der Waals surface area (Å²) in [5, 5.41) is 0. The van der Waals surface area contributed by atoms with Gasteiger partial charge in [0.25, 0.3) is 0 Å². The molecule has 2 heterocycles. The van der Waals surface area contributed by atoms with E-state index in [2.05, 4.69) is 35.2 Å². The van der Waals surface area contributed by atoms with E-state index in [9.17, 15) is 4.79 Å². The molecule has 0 spiro atoms. The number of allylic oxidation sites excluding steroid dienone is 1. The maximum Gasteiger partial charge on any atom is 0.245 e. The molecule has 0 unspecified atom stereocenters. The van der Waals surface area contributed by atoms with Gasteiger partial charge in [0, 0.05) is 39.3 Å². The fourth-order valence-electron chi connectivity index (χ4n) is 4.03. The van der Waals surface area contributed by atoms with Crippen molar-refractivity contribution in [2.45, 2.75) is 37.5 Å². The standard InChI is InChI=1S/C23H34N2O3/c1-24(2)22(26)10-11-23(12-18-27-19-13-23)20-6-8-21(9-7-20)28-17-5-16-25-14-3-4-15-25/h6-11H,3-5,12-19H2,1-2H3. The van der Waals surface area contributed by atoms with E-state index >= 15 is 0 Å². The van der Waals surface area contributed by atoms with Crippen LogP contribution in [0, 0.1) is 0 Å². The van der Waals surface area contributed by atoms with Gasteiger partial charge in [-0.2, -0.15) is 0 Å². The second-order valence-electron chi connectivity index (χ2n) is 8.11. The van der Waals surface area contributed by atoms with E-state index in [4.69, 9.17) is 9.47 Å². The van der Waals surface area contributed by atoms with E-state index in [1.807, 2.05) is 0 Å². The zero-order chi connectivity index (χ0) is 19.8. The largest absolute Gasteiger partial charge is 0.494 e. The third-order valence-electron chi connectivity index (χ3n) is 5.89. The fraction of sp³-hybridized carbons (Fsp3) is 0.609. The summed E-state index contributed by atoms with van der Waals surface area (Å²) in [7, 11) is 3.55. The first-order valence-electron chi connectivity index (χ1n) is 10.5. The van der Waals surface area contributed by atoms with Gasteiger partial charge in [0.15, 0.2) is 0 Å². The lowest BCUT2D eigenvalue weighted by Gasteiger charge is -2.35. The molecule has 2 aliphatic rings. The highest BCUT2D eigenvalue weighted by Crippen LogP contribution is 2.37. The molecule has 0 radical (unpaired) electrons. The van der Waals surface area contributed by atoms with Gasteiger partial charge in [0.1, 0.15) is 5.75 Å². The van der Waals surface area contributed by atoms with Crippen molar-refractivity contribution in [3.63, 3.8) is 0 Å². The minimum Gasteiger partial charge on any atom is -0.494 e. The fourth-order valence-corrected chi connectivity index (χ4v) is 4.03. The van der Waals surface area contributed by atoms with Crippen LogP contribution in [0.15, 0.2) is 36.4 Å². The Morgan fingerprint density at radius 2 is 1.86 bits per heavy atom. The number of carbonyl (C=O) groups is 1. The lowest BCUT2D eigenvalue weighted by atomic mass is 9.74. The number of likely N-dealkylation sites (tertiary alicyclic amines) is 1. The van der Waals surface area contributed by atoms with Crippen LogP contribution < -0.4 is 4.74 Å². The summed E-state index contributed by atoms with van der Waals surface area (Å²) in [6.07, 6.45) is 9.30. The lowest BCUT2D eigenvalue weighted by molar-refractivity contribution is -0.123. The first-order chi connectivity index (χ1) is 13.6. The molecule has 0 N–H and O–H groups in total. The van der Waals surface area contributed by atoms with Gasteiger partial charge in [-0.15, -0.1) is 0 Å². The Morgan fingerprint density at radius 1 is 1.18 bits per heavy atom. The van der Waals surface area contributed by atoms with Crippen LogP contribution in [0.25, 0.3) is 0 Å². The normalized spacial score (nSPS) is 19.8. The zero-order valence-corrected chi connectivity index (χ0v) is 17.4. The van der Waals surface area contributed by atoms with Gasteiger partial charge in [0.05, 0.1) is 6.61 Å². The van der Waals surface area contributed by atoms with Crippen LogP contribution in [0.3, 0.4) is 0 Å². The summed E-state index contributed by atoms with van der Waals surface area (Å²) < 4.78 is 11.5. The van der Waals surface area contributed by atoms with Crippen LogP contribution in [0.1, 0.15) is 37.7 Å². The van der Waals surface area contributed by atoms with Crippen LogP contribution >= 0.6 is 0 Å². The van der Waals surface area contributed by atoms with Gasteiger partial charge in [-0.1, -0.05) is 18.2 Å². The molecule has 3 rings (SSSR count). The summed E-state index contributed by atoms with van der Waals surface area (Å²) in [6, 6.07) is 8.41. The molecule has 154 valence electrons. The van der Waals surface area contributed by atoms with Crippen LogP contribution in [0.4, 0.5) is 0 Å². The number of hydrogen-bond donors (Lipinski definition) is 0. The number of ether oxygens (including phenoxy) is 2. The average Bonchev–Trinajstić information content (AvgIpc) is 3.24. The predicted molar refractivity (Wildman–Crippen MR) is 112 cm³/mol. The SMILES string of the molecule is CN(C)C(=O)C=CC1(c2ccc(OCCCN3CCCC3)cc2)CCOCC1. The molecule has 28 heavy (non-hydrogen) atoms. The van der Waals surface area contributed by atoms with E-state index in [1.54, 1.807) is 25.1 Å². The Kier molecular flexibility index (Phi) is 7.51. The van der Waals surface area contributed by atoms with E-state index < -0.39 is 0 Å². The topological polar surface area (TPSA) is 42.0 Å². The lowest BCUT2D eigenvalue weighted by Crippen LogP contribution is -2.32. The predicted octanol–water partition coefficient (Wildman–Crippen LogP) is 3.24. The van der Waals surface area contributed by atoms with Crippen LogP contribution in [-0.2, 0) is 14.9 Å². The molecule has 2 aliphatic heterocycles. The molecule has 5 heteroatoms. The Bertz CT molecular complexity index is 642. The minimum absolute atomic E-state index is 0.0174. The molecule has 2 saturated heterocycles. The second kappa shape index (κ2) is 10.1. The van der Waals surface area contributed by atoms with Gasteiger partial charge in [-0.3, -0.25) is 4.79 Å². The Balaban J connectivity index is 1.59. The quantitative estimate of drug-likeness (QED) is 0.508. The molecule has 0 aromatic heterocycles. The first-order valence-corrected chi connectivity index (χ1v) is 10.5. The molecular formula is C23H34N2O3. The Hall–Kier alpha value is -1.85. The average molecular weight is 387 g/mol. The van der Waals surface area contributed by atoms with Crippen molar-refractivity contribution in [2.24, 2.45) is 0 Å². The first kappa shape index (κ1) is 20.9. The summed E-state index contributed by atoms with van der Waals surface area (Å²) in [5.74, 6) is 0.935. The van der Waals surface area contributed by atoms with Crippen molar-refractivity contribution >= 4 is 5.91 Å². The summed E-state index contributed by atoms with van der Waals surface area (Å²) in [5.41, 5.74) is 1.08. The van der Waals surface area contributed by atoms with Crippen molar-refractivity contribution in [2.75, 3.05) is 53.6 Å². The summed E-state index contributed by atoms with van der Waals surface area (Å²) in [4.78, 5) is 16.2. The van der Waals surface area contributed by atoms with Crippen molar-refractivity contribution in [3.8, 4) is 5.75 Å². The summed E-state index contributed by atoms with van der Waals surface area (Å²) >= 11 is 0. The highest BCUT2D eigenvalue weighted by Gasteiger charge is 2.32. The van der Waals surface area contributed by atoms with Gasteiger partial charge in [-0.25, -0.2) is 0 Å². The molecule has 2 fully saturated rings. The van der Waals surface area contributed by atoms with Crippen LogP contribution in [-0.4, -0.2) is 69.3 Å². The number of hydrogen-bond acceptors (Lipinski definition) is 4. The molecule has 0 bridgehead atoms. The number of carbonyl (C=O) groups excluding carboxylic acids is 1. The second-order valence-corrected chi connectivity index (χ2v) is 8.11. The van der Waals surface area contributed by atoms with Crippen molar-refractivity contribution in [3.05, 3.63) is 42.0 Å². The van der Waals surface area contributed by atoms with Gasteiger partial charge in [-0.05, 0) is 69.0 Å². The third kappa shape index (κ3) is 5.58. The summed E-state index contributed by atoms with van der Waals surface area (Å²) in [6.45, 7) is 5.80. The van der Waals surface area contributed by atoms with Gasteiger partial charge >= 0.3 is 0 Å². The number of benzene rings is 1. The Labute approximate surface area is 169 Å². The van der Waals surface area contributed by atoms with E-state index in [0.29, 0.717) is 0 Å². The number of likely N-dealkylation sites (N-methyl/N-ethyl adjacent to an activating group) is 1. The maximum absolute atomic E-state index is 12.0. The third-order valence-corrected chi connectivity index (χ3v) is 5.89. The van der Waals surface area contributed by atoms with Crippen LogP contribution in [0.5, 0.6) is 5.75 Å².